The van der Waals surface area contributed by atoms with Crippen molar-refractivity contribution in [2.24, 2.45) is 11.7 Å². The third kappa shape index (κ3) is 6.58. The fourth-order valence-electron chi connectivity index (χ4n) is 6.13. The van der Waals surface area contributed by atoms with E-state index in [4.69, 9.17) is 19.9 Å². The number of carboxylic acid groups (broad SMARTS) is 1. The quantitative estimate of drug-likeness (QED) is 0.359. The maximum Gasteiger partial charge on any atom is 0.308 e. The standard InChI is InChI=1S/C28H42N4O7/c1-3-4-10-31(13-9-29)25(34)17-32-16-20(19-14-22(37-2)27-23(15-19)38-18-39-27)26(28(35)36)21(32)7-5-11-30-12-6-8-24(30)33/h14-15,20-21,26H,3-13,16-18,29H2,1-2H3,(H,35,36)/t20-,21+,26-/m1/s1. The number of amides is 2. The van der Waals surface area contributed by atoms with Crippen molar-refractivity contribution in [3.05, 3.63) is 17.7 Å². The van der Waals surface area contributed by atoms with Gasteiger partial charge < -0.3 is 34.9 Å². The van der Waals surface area contributed by atoms with Crippen LogP contribution in [-0.4, -0.2) is 103 Å². The molecule has 3 aliphatic heterocycles. The number of likely N-dealkylation sites (tertiary alicyclic amines) is 2. The Balaban J connectivity index is 1.59. The van der Waals surface area contributed by atoms with E-state index < -0.39 is 11.9 Å². The molecule has 0 unspecified atom stereocenters. The van der Waals surface area contributed by atoms with Gasteiger partial charge in [0.15, 0.2) is 11.5 Å². The zero-order chi connectivity index (χ0) is 27.9. The summed E-state index contributed by atoms with van der Waals surface area (Å²) in [4.78, 5) is 44.0. The van der Waals surface area contributed by atoms with Crippen LogP contribution in [0, 0.1) is 5.92 Å². The molecule has 3 atom stereocenters. The number of carbonyl (C=O) groups is 3. The van der Waals surface area contributed by atoms with Crippen molar-refractivity contribution >= 4 is 17.8 Å². The number of unbranched alkanes of at least 4 members (excludes halogenated alkanes) is 1. The fraction of sp³-hybridized carbons (Fsp3) is 0.679. The summed E-state index contributed by atoms with van der Waals surface area (Å²) in [5, 5.41) is 10.5. The van der Waals surface area contributed by atoms with Crippen LogP contribution in [-0.2, 0) is 14.4 Å². The number of ether oxygens (including phenoxy) is 3. The first-order chi connectivity index (χ1) is 18.9. The van der Waals surface area contributed by atoms with Crippen molar-refractivity contribution in [1.82, 2.24) is 14.7 Å². The average Bonchev–Trinajstić information content (AvgIpc) is 3.65. The molecule has 1 aromatic rings. The number of carbonyl (C=O) groups excluding carboxylic acids is 2. The summed E-state index contributed by atoms with van der Waals surface area (Å²) in [6, 6.07) is 3.29. The highest BCUT2D eigenvalue weighted by Crippen LogP contribution is 2.47. The van der Waals surface area contributed by atoms with E-state index in [1.165, 1.54) is 0 Å². The van der Waals surface area contributed by atoms with E-state index in [-0.39, 0.29) is 37.1 Å². The minimum atomic E-state index is -0.904. The minimum Gasteiger partial charge on any atom is -0.493 e. The molecular formula is C28H42N4O7. The summed E-state index contributed by atoms with van der Waals surface area (Å²) in [5.41, 5.74) is 6.57. The number of nitrogens with zero attached hydrogens (tertiary/aromatic N) is 3. The largest absolute Gasteiger partial charge is 0.493 e. The third-order valence-electron chi connectivity index (χ3n) is 8.11. The van der Waals surface area contributed by atoms with Gasteiger partial charge in [-0.15, -0.1) is 0 Å². The summed E-state index contributed by atoms with van der Waals surface area (Å²) in [6.07, 6.45) is 4.53. The van der Waals surface area contributed by atoms with Crippen molar-refractivity contribution in [1.29, 1.82) is 0 Å². The Hall–Kier alpha value is -3.05. The van der Waals surface area contributed by atoms with Crippen LogP contribution in [0.15, 0.2) is 12.1 Å². The highest BCUT2D eigenvalue weighted by atomic mass is 16.7. The van der Waals surface area contributed by atoms with E-state index in [1.54, 1.807) is 12.0 Å². The SMILES string of the molecule is CCCCN(CCN)C(=O)CN1C[C@H](c2cc(OC)c3c(c2)OCO3)[C@@H](C(=O)O)[C@@H]1CCCN1CCCC1=O. The van der Waals surface area contributed by atoms with Crippen LogP contribution in [0.4, 0.5) is 0 Å². The number of aliphatic carboxylic acids is 1. The lowest BCUT2D eigenvalue weighted by Crippen LogP contribution is -2.45. The number of fused-ring (bicyclic) bond motifs is 1. The predicted molar refractivity (Wildman–Crippen MR) is 144 cm³/mol. The van der Waals surface area contributed by atoms with E-state index in [9.17, 15) is 19.5 Å². The molecule has 39 heavy (non-hydrogen) atoms. The molecule has 0 bridgehead atoms. The monoisotopic (exact) mass is 546 g/mol. The van der Waals surface area contributed by atoms with E-state index in [0.717, 1.165) is 31.4 Å². The maximum atomic E-state index is 13.4. The fourth-order valence-corrected chi connectivity index (χ4v) is 6.13. The molecular weight excluding hydrogens is 504 g/mol. The number of rotatable bonds is 14. The molecule has 11 heteroatoms. The van der Waals surface area contributed by atoms with Gasteiger partial charge in [-0.2, -0.15) is 0 Å². The molecule has 2 saturated heterocycles. The Kier molecular flexibility index (Phi) is 9.90. The number of benzene rings is 1. The molecule has 0 radical (unpaired) electrons. The molecule has 0 aromatic heterocycles. The van der Waals surface area contributed by atoms with Gasteiger partial charge in [-0.25, -0.2) is 0 Å². The molecule has 1 aromatic carbocycles. The predicted octanol–water partition coefficient (Wildman–Crippen LogP) is 1.88. The van der Waals surface area contributed by atoms with Crippen LogP contribution in [0.3, 0.4) is 0 Å². The first kappa shape index (κ1) is 28.9. The second-order valence-electron chi connectivity index (χ2n) is 10.6. The highest BCUT2D eigenvalue weighted by molar-refractivity contribution is 5.79. The van der Waals surface area contributed by atoms with E-state index in [1.807, 2.05) is 21.9 Å². The summed E-state index contributed by atoms with van der Waals surface area (Å²) >= 11 is 0. The topological polar surface area (TPSA) is 135 Å². The number of hydrogen-bond donors (Lipinski definition) is 2. The lowest BCUT2D eigenvalue weighted by atomic mass is 9.83. The van der Waals surface area contributed by atoms with Crippen molar-refractivity contribution in [2.75, 3.05) is 59.7 Å². The number of nitrogens with two attached hydrogens (primary N) is 1. The third-order valence-corrected chi connectivity index (χ3v) is 8.11. The van der Waals surface area contributed by atoms with Crippen LogP contribution in [0.1, 0.15) is 56.9 Å². The van der Waals surface area contributed by atoms with E-state index in [0.29, 0.717) is 69.2 Å². The zero-order valence-corrected chi connectivity index (χ0v) is 23.1. The van der Waals surface area contributed by atoms with Gasteiger partial charge in [0, 0.05) is 57.6 Å². The second-order valence-corrected chi connectivity index (χ2v) is 10.6. The Morgan fingerprint density at radius 3 is 2.72 bits per heavy atom. The van der Waals surface area contributed by atoms with Crippen molar-refractivity contribution in [2.45, 2.75) is 57.4 Å². The van der Waals surface area contributed by atoms with Gasteiger partial charge in [0.25, 0.3) is 0 Å². The lowest BCUT2D eigenvalue weighted by molar-refractivity contribution is -0.144. The van der Waals surface area contributed by atoms with Crippen LogP contribution in [0.25, 0.3) is 0 Å². The Morgan fingerprint density at radius 1 is 1.23 bits per heavy atom. The van der Waals surface area contributed by atoms with Crippen LogP contribution < -0.4 is 19.9 Å². The molecule has 11 nitrogen and oxygen atoms in total. The summed E-state index contributed by atoms with van der Waals surface area (Å²) in [6.45, 7) is 5.51. The Labute approximate surface area is 230 Å². The molecule has 3 N–H and O–H groups in total. The van der Waals surface area contributed by atoms with Crippen LogP contribution >= 0.6 is 0 Å². The summed E-state index contributed by atoms with van der Waals surface area (Å²) < 4.78 is 16.7. The summed E-state index contributed by atoms with van der Waals surface area (Å²) in [7, 11) is 1.54. The van der Waals surface area contributed by atoms with E-state index >= 15 is 0 Å². The van der Waals surface area contributed by atoms with E-state index in [2.05, 4.69) is 6.92 Å². The van der Waals surface area contributed by atoms with Gasteiger partial charge in [-0.1, -0.05) is 13.3 Å². The zero-order valence-electron chi connectivity index (χ0n) is 23.1. The lowest BCUT2D eigenvalue weighted by Gasteiger charge is -2.30. The van der Waals surface area contributed by atoms with Gasteiger partial charge in [0.2, 0.25) is 24.4 Å². The molecule has 0 saturated carbocycles. The first-order valence-corrected chi connectivity index (χ1v) is 14.1. The van der Waals surface area contributed by atoms with Crippen LogP contribution in [0.5, 0.6) is 17.2 Å². The van der Waals surface area contributed by atoms with Crippen molar-refractivity contribution < 1.29 is 33.7 Å². The Bertz CT molecular complexity index is 1040. The van der Waals surface area contributed by atoms with Crippen molar-refractivity contribution in [3.8, 4) is 17.2 Å². The van der Waals surface area contributed by atoms with Gasteiger partial charge >= 0.3 is 5.97 Å². The highest BCUT2D eigenvalue weighted by Gasteiger charge is 2.47. The molecule has 4 rings (SSSR count). The van der Waals surface area contributed by atoms with Gasteiger partial charge in [-0.3, -0.25) is 19.3 Å². The van der Waals surface area contributed by atoms with Gasteiger partial charge in [0.05, 0.1) is 19.6 Å². The minimum absolute atomic E-state index is 0.0401. The molecule has 0 spiro atoms. The molecule has 216 valence electrons. The number of carboxylic acids is 1. The molecule has 3 aliphatic rings. The number of hydrogen-bond acceptors (Lipinski definition) is 8. The van der Waals surface area contributed by atoms with Gasteiger partial charge in [-0.05, 0) is 43.4 Å². The number of methoxy groups -OCH3 is 1. The van der Waals surface area contributed by atoms with Gasteiger partial charge in [0.1, 0.15) is 0 Å². The second kappa shape index (κ2) is 13.3. The molecule has 0 aliphatic carbocycles. The molecule has 2 amide bonds. The van der Waals surface area contributed by atoms with Crippen molar-refractivity contribution in [3.63, 3.8) is 0 Å². The average molecular weight is 547 g/mol. The first-order valence-electron chi connectivity index (χ1n) is 14.1. The summed E-state index contributed by atoms with van der Waals surface area (Å²) in [5.74, 6) is -0.371. The Morgan fingerprint density at radius 2 is 2.05 bits per heavy atom. The normalized spacial score (nSPS) is 22.5. The molecule has 3 heterocycles. The maximum absolute atomic E-state index is 13.4. The molecule has 2 fully saturated rings. The van der Waals surface area contributed by atoms with Crippen LogP contribution in [0.2, 0.25) is 0 Å². The smallest absolute Gasteiger partial charge is 0.308 e.